The Bertz CT molecular complexity index is 547. The highest BCUT2D eigenvalue weighted by Crippen LogP contribution is 2.13. The van der Waals surface area contributed by atoms with Gasteiger partial charge in [0.1, 0.15) is 0 Å². The van der Waals surface area contributed by atoms with Crippen LogP contribution in [0.1, 0.15) is 18.1 Å². The molecule has 1 aromatic rings. The molecule has 1 fully saturated rings. The van der Waals surface area contributed by atoms with Gasteiger partial charge in [0.05, 0.1) is 0 Å². The molecule has 0 amide bonds. The third-order valence-electron chi connectivity index (χ3n) is 3.96. The highest BCUT2D eigenvalue weighted by molar-refractivity contribution is 7.86. The fourth-order valence-corrected chi connectivity index (χ4v) is 3.57. The molecule has 1 aliphatic rings. The van der Waals surface area contributed by atoms with Crippen molar-refractivity contribution in [2.45, 2.75) is 19.9 Å². The van der Waals surface area contributed by atoms with Crippen molar-refractivity contribution >= 4 is 10.2 Å². The Labute approximate surface area is 128 Å². The van der Waals surface area contributed by atoms with Crippen LogP contribution >= 0.6 is 0 Å². The van der Waals surface area contributed by atoms with Crippen molar-refractivity contribution in [1.82, 2.24) is 13.5 Å². The summed E-state index contributed by atoms with van der Waals surface area (Å²) in [7, 11) is -0.105. The van der Waals surface area contributed by atoms with Crippen LogP contribution in [-0.2, 0) is 23.2 Å². The first-order valence-corrected chi connectivity index (χ1v) is 8.81. The molecule has 1 saturated heterocycles. The number of aryl methyl sites for hydroxylation is 1. The molecule has 1 heterocycles. The SMILES string of the molecule is CCc1ccc(CN2CCN(S(=O)(=O)N(C)C)CC2)cc1. The third-order valence-corrected chi connectivity index (χ3v) is 5.90. The molecule has 0 aromatic heterocycles. The Balaban J connectivity index is 1.89. The molecule has 0 aliphatic carbocycles. The molecule has 118 valence electrons. The van der Waals surface area contributed by atoms with Gasteiger partial charge in [0.2, 0.25) is 0 Å². The molecule has 1 aromatic carbocycles. The first kappa shape index (κ1) is 16.4. The number of nitrogens with zero attached hydrogens (tertiary/aromatic N) is 3. The lowest BCUT2D eigenvalue weighted by atomic mass is 10.1. The fraction of sp³-hybridized carbons (Fsp3) is 0.600. The second-order valence-electron chi connectivity index (χ2n) is 5.64. The molecule has 5 nitrogen and oxygen atoms in total. The molecule has 0 atom stereocenters. The molecule has 0 radical (unpaired) electrons. The van der Waals surface area contributed by atoms with E-state index in [2.05, 4.69) is 36.1 Å². The molecule has 0 N–H and O–H groups in total. The molecule has 0 saturated carbocycles. The van der Waals surface area contributed by atoms with E-state index in [4.69, 9.17) is 0 Å². The van der Waals surface area contributed by atoms with Gasteiger partial charge in [-0.05, 0) is 17.5 Å². The summed E-state index contributed by atoms with van der Waals surface area (Å²) < 4.78 is 27.0. The maximum atomic E-state index is 12.1. The van der Waals surface area contributed by atoms with Gasteiger partial charge in [-0.2, -0.15) is 17.0 Å². The molecular weight excluding hydrogens is 286 g/mol. The topological polar surface area (TPSA) is 43.9 Å². The van der Waals surface area contributed by atoms with Gasteiger partial charge in [0.15, 0.2) is 0 Å². The van der Waals surface area contributed by atoms with E-state index in [9.17, 15) is 8.42 Å². The van der Waals surface area contributed by atoms with E-state index in [0.29, 0.717) is 13.1 Å². The second kappa shape index (κ2) is 6.87. The van der Waals surface area contributed by atoms with Crippen molar-refractivity contribution in [2.24, 2.45) is 0 Å². The van der Waals surface area contributed by atoms with E-state index in [1.54, 1.807) is 18.4 Å². The van der Waals surface area contributed by atoms with Gasteiger partial charge in [-0.15, -0.1) is 0 Å². The smallest absolute Gasteiger partial charge is 0.281 e. The third kappa shape index (κ3) is 4.03. The first-order chi connectivity index (χ1) is 9.93. The average molecular weight is 311 g/mol. The van der Waals surface area contributed by atoms with Crippen molar-refractivity contribution in [3.8, 4) is 0 Å². The summed E-state index contributed by atoms with van der Waals surface area (Å²) in [4.78, 5) is 2.31. The maximum absolute atomic E-state index is 12.1. The van der Waals surface area contributed by atoms with Gasteiger partial charge >= 0.3 is 0 Å². The van der Waals surface area contributed by atoms with E-state index in [1.807, 2.05) is 0 Å². The molecule has 6 heteroatoms. The van der Waals surface area contributed by atoms with Crippen molar-refractivity contribution in [3.63, 3.8) is 0 Å². The number of hydrogen-bond donors (Lipinski definition) is 0. The highest BCUT2D eigenvalue weighted by Gasteiger charge is 2.28. The standard InChI is InChI=1S/C15H25N3O2S/c1-4-14-5-7-15(8-6-14)13-17-9-11-18(12-10-17)21(19,20)16(2)3/h5-8H,4,9-13H2,1-3H3. The lowest BCUT2D eigenvalue weighted by molar-refractivity contribution is 0.177. The van der Waals surface area contributed by atoms with Gasteiger partial charge in [-0.3, -0.25) is 4.90 Å². The monoisotopic (exact) mass is 311 g/mol. The molecular formula is C15H25N3O2S. The lowest BCUT2D eigenvalue weighted by Crippen LogP contribution is -2.51. The average Bonchev–Trinajstić information content (AvgIpc) is 2.48. The van der Waals surface area contributed by atoms with Crippen LogP contribution in [0.5, 0.6) is 0 Å². The van der Waals surface area contributed by atoms with Crippen molar-refractivity contribution in [1.29, 1.82) is 0 Å². The zero-order chi connectivity index (χ0) is 15.5. The molecule has 0 unspecified atom stereocenters. The molecule has 1 aliphatic heterocycles. The van der Waals surface area contributed by atoms with Gasteiger partial charge < -0.3 is 0 Å². The maximum Gasteiger partial charge on any atom is 0.281 e. The quantitative estimate of drug-likeness (QED) is 0.820. The molecule has 21 heavy (non-hydrogen) atoms. The Kier molecular flexibility index (Phi) is 5.37. The van der Waals surface area contributed by atoms with Crippen LogP contribution in [0, 0.1) is 0 Å². The van der Waals surface area contributed by atoms with Crippen LogP contribution in [-0.4, -0.2) is 62.2 Å². The van der Waals surface area contributed by atoms with Crippen molar-refractivity contribution in [2.75, 3.05) is 40.3 Å². The highest BCUT2D eigenvalue weighted by atomic mass is 32.2. The Hall–Kier alpha value is -0.950. The minimum absolute atomic E-state index is 0.563. The largest absolute Gasteiger partial charge is 0.296 e. The minimum atomic E-state index is -3.27. The van der Waals surface area contributed by atoms with Crippen LogP contribution < -0.4 is 0 Å². The van der Waals surface area contributed by atoms with E-state index < -0.39 is 10.2 Å². The van der Waals surface area contributed by atoms with Gasteiger partial charge in [0, 0.05) is 46.8 Å². The van der Waals surface area contributed by atoms with Crippen LogP contribution in [0.15, 0.2) is 24.3 Å². The Morgan fingerprint density at radius 3 is 2.00 bits per heavy atom. The van der Waals surface area contributed by atoms with E-state index >= 15 is 0 Å². The minimum Gasteiger partial charge on any atom is -0.296 e. The van der Waals surface area contributed by atoms with Gasteiger partial charge in [-0.25, -0.2) is 0 Å². The number of benzene rings is 1. The van der Waals surface area contributed by atoms with E-state index in [1.165, 1.54) is 15.4 Å². The van der Waals surface area contributed by atoms with Gasteiger partial charge in [-0.1, -0.05) is 31.2 Å². The summed E-state index contributed by atoms with van der Waals surface area (Å²) in [6, 6.07) is 8.67. The van der Waals surface area contributed by atoms with Crippen molar-refractivity contribution < 1.29 is 8.42 Å². The first-order valence-electron chi connectivity index (χ1n) is 7.41. The van der Waals surface area contributed by atoms with Crippen LogP contribution in [0.4, 0.5) is 0 Å². The Morgan fingerprint density at radius 1 is 1.00 bits per heavy atom. The normalized spacial score (nSPS) is 18.3. The summed E-state index contributed by atoms with van der Waals surface area (Å²) in [5.41, 5.74) is 2.64. The molecule has 0 bridgehead atoms. The second-order valence-corrected chi connectivity index (χ2v) is 7.78. The zero-order valence-electron chi connectivity index (χ0n) is 13.1. The summed E-state index contributed by atoms with van der Waals surface area (Å²) in [5.74, 6) is 0. The van der Waals surface area contributed by atoms with E-state index in [-0.39, 0.29) is 0 Å². The fourth-order valence-electron chi connectivity index (χ4n) is 2.49. The lowest BCUT2D eigenvalue weighted by Gasteiger charge is -2.35. The van der Waals surface area contributed by atoms with Crippen LogP contribution in [0.25, 0.3) is 0 Å². The summed E-state index contributed by atoms with van der Waals surface area (Å²) >= 11 is 0. The number of hydrogen-bond acceptors (Lipinski definition) is 3. The van der Waals surface area contributed by atoms with E-state index in [0.717, 1.165) is 26.1 Å². The Morgan fingerprint density at radius 2 is 1.52 bits per heavy atom. The number of piperazine rings is 1. The molecule has 0 spiro atoms. The van der Waals surface area contributed by atoms with Crippen molar-refractivity contribution in [3.05, 3.63) is 35.4 Å². The van der Waals surface area contributed by atoms with Crippen LogP contribution in [0.2, 0.25) is 0 Å². The summed E-state index contributed by atoms with van der Waals surface area (Å²) in [6.45, 7) is 5.73. The zero-order valence-corrected chi connectivity index (χ0v) is 13.9. The number of rotatable bonds is 5. The predicted octanol–water partition coefficient (Wildman–Crippen LogP) is 1.17. The van der Waals surface area contributed by atoms with Crippen LogP contribution in [0.3, 0.4) is 0 Å². The predicted molar refractivity (Wildman–Crippen MR) is 85.3 cm³/mol. The summed E-state index contributed by atoms with van der Waals surface area (Å²) in [5, 5.41) is 0. The summed E-state index contributed by atoms with van der Waals surface area (Å²) in [6.07, 6.45) is 1.06. The van der Waals surface area contributed by atoms with Gasteiger partial charge in [0.25, 0.3) is 10.2 Å². The molecule has 2 rings (SSSR count).